The van der Waals surface area contributed by atoms with E-state index in [1.54, 1.807) is 0 Å². The average molecular weight is 639 g/mol. The Kier molecular flexibility index (Phi) is 13.3. The quantitative estimate of drug-likeness (QED) is 0.124. The van der Waals surface area contributed by atoms with Crippen LogP contribution in [0.2, 0.25) is 34.8 Å². The van der Waals surface area contributed by atoms with Gasteiger partial charge in [-0.1, -0.05) is 87.8 Å². The van der Waals surface area contributed by atoms with Gasteiger partial charge in [-0.05, 0) is 86.6 Å². The maximum atomic E-state index is 7.38. The van der Waals surface area contributed by atoms with E-state index < -0.39 is 33.8 Å². The minimum atomic E-state index is -1.91. The van der Waals surface area contributed by atoms with Gasteiger partial charge in [0.15, 0.2) is 28.2 Å². The third-order valence-corrected chi connectivity index (χ3v) is 22.6. The molecule has 0 saturated carbocycles. The van der Waals surface area contributed by atoms with E-state index in [1.807, 2.05) is 0 Å². The second kappa shape index (κ2) is 15.3. The topological polar surface area (TPSA) is 46.2 Å². The number of hydrogen-bond donors (Lipinski definition) is 0. The molecule has 3 rings (SSSR count). The van der Waals surface area contributed by atoms with Gasteiger partial charge in [0.2, 0.25) is 0 Å². The molecule has 43 heavy (non-hydrogen) atoms. The SMILES string of the molecule is C=C(CCC)C[C@@H]1CC[C@@](C)(O[Si](CC)(CC)CC)[C@]2(CC[C@@]3(CCC[C@H](CCO[Si](C(C)C)(C(C)C)C(C)C)O3)O2)O1. The Labute approximate surface area is 268 Å². The van der Waals surface area contributed by atoms with Gasteiger partial charge in [0, 0.05) is 25.9 Å². The normalized spacial score (nSPS) is 32.1. The lowest BCUT2D eigenvalue weighted by atomic mass is 9.82. The van der Waals surface area contributed by atoms with Gasteiger partial charge in [-0.25, -0.2) is 0 Å². The molecule has 3 heterocycles. The van der Waals surface area contributed by atoms with Gasteiger partial charge in [0.25, 0.3) is 0 Å². The van der Waals surface area contributed by atoms with Crippen LogP contribution in [0.3, 0.4) is 0 Å². The van der Waals surface area contributed by atoms with Gasteiger partial charge in [-0.3, -0.25) is 0 Å². The molecule has 3 fully saturated rings. The summed E-state index contributed by atoms with van der Waals surface area (Å²) >= 11 is 0. The largest absolute Gasteiger partial charge is 0.416 e. The van der Waals surface area contributed by atoms with Crippen LogP contribution in [0.25, 0.3) is 0 Å². The van der Waals surface area contributed by atoms with E-state index in [1.165, 1.54) is 5.57 Å². The number of hydrogen-bond acceptors (Lipinski definition) is 5. The fraction of sp³-hybridized carbons (Fsp3) is 0.944. The molecule has 0 aliphatic carbocycles. The highest BCUT2D eigenvalue weighted by Crippen LogP contribution is 2.56. The van der Waals surface area contributed by atoms with Crippen molar-refractivity contribution in [3.05, 3.63) is 12.2 Å². The average Bonchev–Trinajstić information content (AvgIpc) is 3.29. The summed E-state index contributed by atoms with van der Waals surface area (Å²) in [6, 6.07) is 3.38. The Morgan fingerprint density at radius 1 is 0.837 bits per heavy atom. The molecule has 0 radical (unpaired) electrons. The molecule has 0 N–H and O–H groups in total. The maximum absolute atomic E-state index is 7.38. The van der Waals surface area contributed by atoms with Crippen LogP contribution < -0.4 is 0 Å². The van der Waals surface area contributed by atoms with Crippen molar-refractivity contribution in [1.82, 2.24) is 0 Å². The first-order valence-electron chi connectivity index (χ1n) is 18.3. The van der Waals surface area contributed by atoms with Gasteiger partial charge in [-0.2, -0.15) is 0 Å². The predicted octanol–water partition coefficient (Wildman–Crippen LogP) is 11.0. The van der Waals surface area contributed by atoms with Crippen molar-refractivity contribution in [2.24, 2.45) is 0 Å². The Balaban J connectivity index is 1.80. The molecule has 252 valence electrons. The number of rotatable bonds is 16. The summed E-state index contributed by atoms with van der Waals surface area (Å²) in [6.45, 7) is 30.8. The van der Waals surface area contributed by atoms with E-state index in [9.17, 15) is 0 Å². The van der Waals surface area contributed by atoms with Crippen LogP contribution in [0.4, 0.5) is 0 Å². The molecule has 5 atom stereocenters. The van der Waals surface area contributed by atoms with Gasteiger partial charge in [0.1, 0.15) is 5.60 Å². The van der Waals surface area contributed by atoms with E-state index >= 15 is 0 Å². The van der Waals surface area contributed by atoms with E-state index in [-0.39, 0.29) is 12.2 Å². The fourth-order valence-electron chi connectivity index (χ4n) is 9.14. The zero-order chi connectivity index (χ0) is 32.1. The van der Waals surface area contributed by atoms with Crippen LogP contribution in [0, 0.1) is 0 Å². The molecule has 0 unspecified atom stereocenters. The molecular formula is C36H70O5Si2. The minimum Gasteiger partial charge on any atom is -0.416 e. The third kappa shape index (κ3) is 7.93. The third-order valence-electron chi connectivity index (χ3n) is 11.8. The molecule has 3 aliphatic rings. The highest BCUT2D eigenvalue weighted by atomic mass is 28.4. The first-order chi connectivity index (χ1) is 20.2. The monoisotopic (exact) mass is 638 g/mol. The molecule has 0 aromatic heterocycles. The molecule has 0 bridgehead atoms. The highest BCUT2D eigenvalue weighted by molar-refractivity contribution is 6.77. The van der Waals surface area contributed by atoms with Crippen LogP contribution >= 0.6 is 0 Å². The van der Waals surface area contributed by atoms with Gasteiger partial charge >= 0.3 is 0 Å². The highest BCUT2D eigenvalue weighted by Gasteiger charge is 2.65. The van der Waals surface area contributed by atoms with Crippen LogP contribution in [0.1, 0.15) is 147 Å². The van der Waals surface area contributed by atoms with Crippen molar-refractivity contribution in [2.45, 2.75) is 211 Å². The van der Waals surface area contributed by atoms with Crippen LogP contribution in [0.5, 0.6) is 0 Å². The lowest BCUT2D eigenvalue weighted by molar-refractivity contribution is -0.398. The molecular weight excluding hydrogens is 569 g/mol. The van der Waals surface area contributed by atoms with Crippen molar-refractivity contribution in [1.29, 1.82) is 0 Å². The van der Waals surface area contributed by atoms with Gasteiger partial charge in [0.05, 0.1) is 12.2 Å². The van der Waals surface area contributed by atoms with Crippen LogP contribution in [0.15, 0.2) is 12.2 Å². The molecule has 0 aromatic rings. The zero-order valence-electron chi connectivity index (χ0n) is 30.2. The summed E-state index contributed by atoms with van der Waals surface area (Å²) in [5, 5.41) is 0. The Morgan fingerprint density at radius 3 is 2.02 bits per heavy atom. The molecule has 2 spiro atoms. The first-order valence-corrected chi connectivity index (χ1v) is 22.9. The van der Waals surface area contributed by atoms with Crippen LogP contribution in [-0.2, 0) is 23.1 Å². The Morgan fingerprint density at radius 2 is 1.47 bits per heavy atom. The lowest BCUT2D eigenvalue weighted by Crippen LogP contribution is -2.65. The molecule has 3 aliphatic heterocycles. The molecule has 7 heteroatoms. The van der Waals surface area contributed by atoms with E-state index in [4.69, 9.17) is 23.1 Å². The van der Waals surface area contributed by atoms with Crippen molar-refractivity contribution >= 4 is 16.6 Å². The van der Waals surface area contributed by atoms with E-state index in [0.29, 0.717) is 16.6 Å². The summed E-state index contributed by atoms with van der Waals surface area (Å²) < 4.78 is 35.7. The molecule has 5 nitrogen and oxygen atoms in total. The zero-order valence-corrected chi connectivity index (χ0v) is 32.2. The lowest BCUT2D eigenvalue weighted by Gasteiger charge is -2.55. The summed E-state index contributed by atoms with van der Waals surface area (Å²) in [6.07, 6.45) is 11.1. The summed E-state index contributed by atoms with van der Waals surface area (Å²) in [5.74, 6) is -1.36. The van der Waals surface area contributed by atoms with Gasteiger partial charge in [-0.15, -0.1) is 0 Å². The van der Waals surface area contributed by atoms with E-state index in [2.05, 4.69) is 82.7 Å². The number of ether oxygens (including phenoxy) is 3. The maximum Gasteiger partial charge on any atom is 0.200 e. The predicted molar refractivity (Wildman–Crippen MR) is 186 cm³/mol. The summed E-state index contributed by atoms with van der Waals surface area (Å²) in [7, 11) is -3.80. The first kappa shape index (κ1) is 37.4. The Hall–Kier alpha value is -0.0262. The van der Waals surface area contributed by atoms with Crippen LogP contribution in [-0.4, -0.2) is 52.6 Å². The van der Waals surface area contributed by atoms with Crippen molar-refractivity contribution in [2.75, 3.05) is 6.61 Å². The van der Waals surface area contributed by atoms with Crippen molar-refractivity contribution in [3.63, 3.8) is 0 Å². The molecule has 3 saturated heterocycles. The minimum absolute atomic E-state index is 0.126. The van der Waals surface area contributed by atoms with E-state index in [0.717, 1.165) is 95.4 Å². The molecule has 0 amide bonds. The second-order valence-corrected chi connectivity index (χ2v) is 25.6. The summed E-state index contributed by atoms with van der Waals surface area (Å²) in [4.78, 5) is 0. The van der Waals surface area contributed by atoms with Gasteiger partial charge < -0.3 is 23.1 Å². The smallest absolute Gasteiger partial charge is 0.200 e. The fourth-order valence-corrected chi connectivity index (χ4v) is 17.8. The Bertz CT molecular complexity index is 859. The standard InChI is InChI=1S/C36H70O5Si2/c1-13-18-31(11)27-33-20-23-34(12,41-42(14-2,15-3)16-4)36(39-33)25-24-35(40-36)22-17-19-32(38-35)21-26-37-43(28(5)6,29(7)8)30(9)10/h28-30,32-33H,11,13-27H2,1-10,12H3/t32-,33+,34-,35-,36-/m1/s1. The summed E-state index contributed by atoms with van der Waals surface area (Å²) in [5.41, 5.74) is 2.60. The van der Waals surface area contributed by atoms with Crippen molar-refractivity contribution < 1.29 is 23.1 Å². The second-order valence-electron chi connectivity index (χ2n) is 15.4. The van der Waals surface area contributed by atoms with Crippen molar-refractivity contribution in [3.8, 4) is 0 Å². The molecule has 0 aromatic carbocycles.